The standard InChI is InChI=1S/C12H20N4O.2ClH/c1-10(9-16-8-4-7-14-16)15-12(17)11-5-2-3-6-13-11;;/h4,7-8,10-11,13H,2-3,5-6,9H2,1H3,(H,15,17);2*1H/t10?,11-;;/m0../s1. The lowest BCUT2D eigenvalue weighted by Crippen LogP contribution is -2.49. The maximum Gasteiger partial charge on any atom is 0.237 e. The van der Waals surface area contributed by atoms with Crippen molar-refractivity contribution in [3.63, 3.8) is 0 Å². The van der Waals surface area contributed by atoms with Crippen molar-refractivity contribution in [1.82, 2.24) is 20.4 Å². The molecule has 19 heavy (non-hydrogen) atoms. The van der Waals surface area contributed by atoms with Crippen LogP contribution in [0.15, 0.2) is 18.5 Å². The molecule has 7 heteroatoms. The number of nitrogens with one attached hydrogen (secondary N) is 2. The van der Waals surface area contributed by atoms with Gasteiger partial charge in [-0.25, -0.2) is 0 Å². The van der Waals surface area contributed by atoms with Crippen LogP contribution in [0.4, 0.5) is 0 Å². The molecule has 1 fully saturated rings. The molecule has 1 amide bonds. The fraction of sp³-hybridized carbons (Fsp3) is 0.667. The molecule has 0 aliphatic carbocycles. The predicted molar refractivity (Wildman–Crippen MR) is 80.0 cm³/mol. The second kappa shape index (κ2) is 9.18. The Morgan fingerprint density at radius 1 is 1.53 bits per heavy atom. The van der Waals surface area contributed by atoms with Gasteiger partial charge in [-0.2, -0.15) is 5.10 Å². The normalized spacial score (nSPS) is 19.7. The summed E-state index contributed by atoms with van der Waals surface area (Å²) in [5.41, 5.74) is 0. The van der Waals surface area contributed by atoms with Crippen molar-refractivity contribution in [2.45, 2.75) is 44.8 Å². The lowest BCUT2D eigenvalue weighted by atomic mass is 10.0. The Balaban J connectivity index is 0.00000162. The Morgan fingerprint density at radius 2 is 2.32 bits per heavy atom. The van der Waals surface area contributed by atoms with Crippen LogP contribution in [0.5, 0.6) is 0 Å². The van der Waals surface area contributed by atoms with E-state index < -0.39 is 0 Å². The van der Waals surface area contributed by atoms with E-state index in [-0.39, 0.29) is 42.8 Å². The van der Waals surface area contributed by atoms with E-state index in [2.05, 4.69) is 15.7 Å². The van der Waals surface area contributed by atoms with Gasteiger partial charge in [0, 0.05) is 18.4 Å². The van der Waals surface area contributed by atoms with Gasteiger partial charge < -0.3 is 10.6 Å². The van der Waals surface area contributed by atoms with E-state index in [1.807, 2.05) is 23.9 Å². The van der Waals surface area contributed by atoms with Gasteiger partial charge in [0.05, 0.1) is 12.6 Å². The predicted octanol–water partition coefficient (Wildman–Crippen LogP) is 1.37. The van der Waals surface area contributed by atoms with Crippen molar-refractivity contribution >= 4 is 30.7 Å². The SMILES string of the molecule is CC(Cn1cccn1)NC(=O)[C@@H]1CCCCN1.Cl.Cl. The molecule has 0 aromatic carbocycles. The summed E-state index contributed by atoms with van der Waals surface area (Å²) in [5.74, 6) is 0.115. The molecule has 2 heterocycles. The topological polar surface area (TPSA) is 59.0 Å². The molecule has 2 atom stereocenters. The number of amides is 1. The minimum atomic E-state index is -0.0104. The molecule has 2 N–H and O–H groups in total. The first-order valence-corrected chi connectivity index (χ1v) is 6.27. The van der Waals surface area contributed by atoms with Crippen LogP contribution < -0.4 is 10.6 Å². The molecular formula is C12H22Cl2N4O. The van der Waals surface area contributed by atoms with Crippen molar-refractivity contribution in [2.75, 3.05) is 6.54 Å². The first-order chi connectivity index (χ1) is 8.25. The first-order valence-electron chi connectivity index (χ1n) is 6.27. The third kappa shape index (κ3) is 5.80. The third-order valence-corrected chi connectivity index (χ3v) is 3.04. The molecular weight excluding hydrogens is 287 g/mol. The van der Waals surface area contributed by atoms with Crippen molar-refractivity contribution in [2.24, 2.45) is 0 Å². The van der Waals surface area contributed by atoms with Crippen LogP contribution in [0, 0.1) is 0 Å². The zero-order valence-electron chi connectivity index (χ0n) is 11.0. The van der Waals surface area contributed by atoms with E-state index in [4.69, 9.17) is 0 Å². The Bertz CT molecular complexity index is 353. The van der Waals surface area contributed by atoms with Crippen LogP contribution in [0.1, 0.15) is 26.2 Å². The average Bonchev–Trinajstić information content (AvgIpc) is 2.82. The van der Waals surface area contributed by atoms with Gasteiger partial charge in [0.1, 0.15) is 0 Å². The van der Waals surface area contributed by atoms with Gasteiger partial charge in [0.25, 0.3) is 0 Å². The van der Waals surface area contributed by atoms with E-state index in [1.165, 1.54) is 6.42 Å². The van der Waals surface area contributed by atoms with E-state index >= 15 is 0 Å². The fourth-order valence-electron chi connectivity index (χ4n) is 2.15. The maximum atomic E-state index is 11.9. The number of aromatic nitrogens is 2. The fourth-order valence-corrected chi connectivity index (χ4v) is 2.15. The molecule has 110 valence electrons. The van der Waals surface area contributed by atoms with Crippen LogP contribution in [0.25, 0.3) is 0 Å². The molecule has 1 aliphatic rings. The smallest absolute Gasteiger partial charge is 0.237 e. The number of carbonyl (C=O) groups is 1. The summed E-state index contributed by atoms with van der Waals surface area (Å²) in [6.07, 6.45) is 6.91. The molecule has 1 aliphatic heterocycles. The molecule has 5 nitrogen and oxygen atoms in total. The number of piperidine rings is 1. The van der Waals surface area contributed by atoms with E-state index in [1.54, 1.807) is 6.20 Å². The van der Waals surface area contributed by atoms with Crippen LogP contribution >= 0.6 is 24.8 Å². The van der Waals surface area contributed by atoms with Crippen LogP contribution in [0.2, 0.25) is 0 Å². The zero-order valence-corrected chi connectivity index (χ0v) is 12.7. The minimum absolute atomic E-state index is 0. The number of hydrogen-bond donors (Lipinski definition) is 2. The van der Waals surface area contributed by atoms with Crippen LogP contribution in [-0.4, -0.2) is 34.3 Å². The summed E-state index contributed by atoms with van der Waals surface area (Å²) < 4.78 is 1.83. The second-order valence-electron chi connectivity index (χ2n) is 4.64. The average molecular weight is 309 g/mol. The highest BCUT2D eigenvalue weighted by Gasteiger charge is 2.21. The molecule has 1 aromatic heterocycles. The third-order valence-electron chi connectivity index (χ3n) is 3.04. The van der Waals surface area contributed by atoms with Crippen LogP contribution in [-0.2, 0) is 11.3 Å². The maximum absolute atomic E-state index is 11.9. The van der Waals surface area contributed by atoms with Crippen molar-refractivity contribution in [1.29, 1.82) is 0 Å². The van der Waals surface area contributed by atoms with Crippen LogP contribution in [0.3, 0.4) is 0 Å². The van der Waals surface area contributed by atoms with Crippen molar-refractivity contribution in [3.05, 3.63) is 18.5 Å². The van der Waals surface area contributed by atoms with Gasteiger partial charge in [0.15, 0.2) is 0 Å². The molecule has 1 aromatic rings. The Morgan fingerprint density at radius 3 is 2.89 bits per heavy atom. The molecule has 0 radical (unpaired) electrons. The molecule has 2 rings (SSSR count). The second-order valence-corrected chi connectivity index (χ2v) is 4.64. The first kappa shape index (κ1) is 18.2. The summed E-state index contributed by atoms with van der Waals surface area (Å²) in [5, 5.41) is 10.4. The zero-order chi connectivity index (χ0) is 12.1. The Labute approximate surface area is 126 Å². The summed E-state index contributed by atoms with van der Waals surface area (Å²) in [7, 11) is 0. The highest BCUT2D eigenvalue weighted by atomic mass is 35.5. The number of carbonyl (C=O) groups excluding carboxylic acids is 1. The lowest BCUT2D eigenvalue weighted by Gasteiger charge is -2.24. The summed E-state index contributed by atoms with van der Waals surface area (Å²) >= 11 is 0. The lowest BCUT2D eigenvalue weighted by molar-refractivity contribution is -0.124. The minimum Gasteiger partial charge on any atom is -0.350 e. The molecule has 0 saturated carbocycles. The number of rotatable bonds is 4. The van der Waals surface area contributed by atoms with Gasteiger partial charge in [0.2, 0.25) is 5.91 Å². The van der Waals surface area contributed by atoms with E-state index in [0.717, 1.165) is 19.4 Å². The molecule has 1 unspecified atom stereocenters. The number of nitrogens with zero attached hydrogens (tertiary/aromatic N) is 2. The Kier molecular flexibility index (Phi) is 8.80. The number of hydrogen-bond acceptors (Lipinski definition) is 3. The largest absolute Gasteiger partial charge is 0.350 e. The molecule has 1 saturated heterocycles. The van der Waals surface area contributed by atoms with Gasteiger partial charge >= 0.3 is 0 Å². The van der Waals surface area contributed by atoms with E-state index in [9.17, 15) is 4.79 Å². The van der Waals surface area contributed by atoms with Crippen molar-refractivity contribution in [3.8, 4) is 0 Å². The summed E-state index contributed by atoms with van der Waals surface area (Å²) in [6.45, 7) is 3.67. The van der Waals surface area contributed by atoms with E-state index in [0.29, 0.717) is 6.54 Å². The van der Waals surface area contributed by atoms with Crippen molar-refractivity contribution < 1.29 is 4.79 Å². The number of halogens is 2. The van der Waals surface area contributed by atoms with Gasteiger partial charge in [-0.15, -0.1) is 24.8 Å². The molecule has 0 spiro atoms. The van der Waals surface area contributed by atoms with Gasteiger partial charge in [-0.05, 0) is 32.4 Å². The Hall–Kier alpha value is -0.780. The van der Waals surface area contributed by atoms with Gasteiger partial charge in [-0.1, -0.05) is 6.42 Å². The highest BCUT2D eigenvalue weighted by Crippen LogP contribution is 2.07. The van der Waals surface area contributed by atoms with Gasteiger partial charge in [-0.3, -0.25) is 9.48 Å². The highest BCUT2D eigenvalue weighted by molar-refractivity contribution is 5.85. The quantitative estimate of drug-likeness (QED) is 0.883. The molecule has 0 bridgehead atoms. The summed E-state index contributed by atoms with van der Waals surface area (Å²) in [6, 6.07) is 1.98. The summed E-state index contributed by atoms with van der Waals surface area (Å²) in [4.78, 5) is 11.9. The monoisotopic (exact) mass is 308 g/mol.